The molecule has 1 unspecified atom stereocenters. The van der Waals surface area contributed by atoms with Crippen molar-refractivity contribution in [2.24, 2.45) is 0 Å². The fraction of sp³-hybridized carbons (Fsp3) is 0.318. The van der Waals surface area contributed by atoms with E-state index >= 15 is 0 Å². The maximum absolute atomic E-state index is 12.4. The molecule has 0 aliphatic rings. The lowest BCUT2D eigenvalue weighted by Gasteiger charge is -2.13. The first-order chi connectivity index (χ1) is 13.6. The van der Waals surface area contributed by atoms with Crippen LogP contribution >= 0.6 is 0 Å². The van der Waals surface area contributed by atoms with Gasteiger partial charge in [0, 0.05) is 26.1 Å². The third-order valence-corrected chi connectivity index (χ3v) is 4.59. The topological polar surface area (TPSA) is 73.2 Å². The van der Waals surface area contributed by atoms with Crippen molar-refractivity contribution in [1.29, 1.82) is 0 Å². The molecule has 1 atom stereocenters. The second-order valence-corrected chi connectivity index (χ2v) is 6.64. The number of fused-ring (bicyclic) bond motifs is 1. The second kappa shape index (κ2) is 9.80. The maximum atomic E-state index is 12.4. The summed E-state index contributed by atoms with van der Waals surface area (Å²) in [4.78, 5) is 28.7. The van der Waals surface area contributed by atoms with Gasteiger partial charge in [-0.15, -0.1) is 0 Å². The molecule has 0 spiro atoms. The highest BCUT2D eigenvalue weighted by atomic mass is 16.5. The lowest BCUT2D eigenvalue weighted by molar-refractivity contribution is -0.121. The first-order valence-electron chi connectivity index (χ1n) is 9.52. The van der Waals surface area contributed by atoms with Crippen LogP contribution in [0.15, 0.2) is 65.7 Å². The van der Waals surface area contributed by atoms with E-state index in [2.05, 4.69) is 10.3 Å². The van der Waals surface area contributed by atoms with Gasteiger partial charge in [-0.25, -0.2) is 4.98 Å². The van der Waals surface area contributed by atoms with Crippen molar-refractivity contribution in [2.75, 3.05) is 13.2 Å². The van der Waals surface area contributed by atoms with Crippen LogP contribution in [-0.2, 0) is 16.1 Å². The highest BCUT2D eigenvalue weighted by Crippen LogP contribution is 2.15. The summed E-state index contributed by atoms with van der Waals surface area (Å²) in [5.74, 6) is -0.0869. The maximum Gasteiger partial charge on any atom is 0.261 e. The minimum Gasteiger partial charge on any atom is -0.374 e. The molecular weight excluding hydrogens is 354 g/mol. The van der Waals surface area contributed by atoms with Gasteiger partial charge in [-0.1, -0.05) is 42.5 Å². The molecule has 1 aromatic heterocycles. The average molecular weight is 379 g/mol. The Balaban J connectivity index is 1.37. The number of para-hydroxylation sites is 1. The van der Waals surface area contributed by atoms with Gasteiger partial charge in [0.05, 0.1) is 23.3 Å². The van der Waals surface area contributed by atoms with E-state index in [1.54, 1.807) is 12.1 Å². The third kappa shape index (κ3) is 5.27. The normalized spacial score (nSPS) is 12.0. The van der Waals surface area contributed by atoms with Crippen LogP contribution < -0.4 is 10.9 Å². The van der Waals surface area contributed by atoms with E-state index in [1.165, 1.54) is 10.9 Å². The number of hydrogen-bond donors (Lipinski definition) is 1. The molecule has 146 valence electrons. The van der Waals surface area contributed by atoms with E-state index in [9.17, 15) is 9.59 Å². The zero-order valence-corrected chi connectivity index (χ0v) is 16.0. The molecule has 1 amide bonds. The Morgan fingerprint density at radius 1 is 1.14 bits per heavy atom. The summed E-state index contributed by atoms with van der Waals surface area (Å²) in [7, 11) is 0. The SMILES string of the molecule is CC(OCCCNC(=O)CCn1cnc2ccccc2c1=O)c1ccccc1. The molecule has 1 heterocycles. The van der Waals surface area contributed by atoms with Crippen LogP contribution in [0, 0.1) is 0 Å². The Morgan fingerprint density at radius 2 is 1.89 bits per heavy atom. The molecule has 6 nitrogen and oxygen atoms in total. The van der Waals surface area contributed by atoms with E-state index in [0.717, 1.165) is 12.0 Å². The van der Waals surface area contributed by atoms with Gasteiger partial charge in [0.25, 0.3) is 5.56 Å². The molecule has 0 radical (unpaired) electrons. The molecule has 0 bridgehead atoms. The number of nitrogens with one attached hydrogen (secondary N) is 1. The summed E-state index contributed by atoms with van der Waals surface area (Å²) in [6, 6.07) is 17.2. The Hall–Kier alpha value is -2.99. The Labute approximate surface area is 164 Å². The standard InChI is InChI=1S/C22H25N3O3/c1-17(18-8-3-2-4-9-18)28-15-7-13-23-21(26)12-14-25-16-24-20-11-6-5-10-19(20)22(25)27/h2-6,8-11,16-17H,7,12-15H2,1H3,(H,23,26). The lowest BCUT2D eigenvalue weighted by Crippen LogP contribution is -2.28. The number of carbonyl (C=O) groups is 1. The van der Waals surface area contributed by atoms with Crippen molar-refractivity contribution in [1.82, 2.24) is 14.9 Å². The molecule has 0 saturated heterocycles. The minimum absolute atomic E-state index is 0.0316. The second-order valence-electron chi connectivity index (χ2n) is 6.64. The number of rotatable bonds is 9. The van der Waals surface area contributed by atoms with Crippen LogP contribution in [0.5, 0.6) is 0 Å². The van der Waals surface area contributed by atoms with Gasteiger partial charge in [-0.3, -0.25) is 14.2 Å². The van der Waals surface area contributed by atoms with Crippen molar-refractivity contribution >= 4 is 16.8 Å². The number of amides is 1. The molecule has 28 heavy (non-hydrogen) atoms. The zero-order valence-electron chi connectivity index (χ0n) is 16.0. The summed E-state index contributed by atoms with van der Waals surface area (Å²) in [5.41, 5.74) is 1.68. The molecule has 0 aliphatic heterocycles. The molecule has 0 aliphatic carbocycles. The lowest BCUT2D eigenvalue weighted by atomic mass is 10.1. The molecule has 6 heteroatoms. The molecule has 3 aromatic rings. The van der Waals surface area contributed by atoms with E-state index in [1.807, 2.05) is 49.4 Å². The highest BCUT2D eigenvalue weighted by molar-refractivity contribution is 5.77. The Kier molecular flexibility index (Phi) is 6.92. The number of ether oxygens (including phenoxy) is 1. The Bertz CT molecular complexity index is 969. The van der Waals surface area contributed by atoms with Gasteiger partial charge in [0.15, 0.2) is 0 Å². The summed E-state index contributed by atoms with van der Waals surface area (Å²) in [6.07, 6.45) is 2.50. The average Bonchev–Trinajstić information content (AvgIpc) is 2.73. The van der Waals surface area contributed by atoms with Crippen molar-refractivity contribution in [3.63, 3.8) is 0 Å². The summed E-state index contributed by atoms with van der Waals surface area (Å²) >= 11 is 0. The van der Waals surface area contributed by atoms with Gasteiger partial charge >= 0.3 is 0 Å². The fourth-order valence-electron chi connectivity index (χ4n) is 2.96. The van der Waals surface area contributed by atoms with E-state index in [4.69, 9.17) is 4.74 Å². The van der Waals surface area contributed by atoms with Crippen LogP contribution in [0.2, 0.25) is 0 Å². The van der Waals surface area contributed by atoms with E-state index in [-0.39, 0.29) is 24.0 Å². The Morgan fingerprint density at radius 3 is 2.71 bits per heavy atom. The minimum atomic E-state index is -0.123. The molecular formula is C22H25N3O3. The van der Waals surface area contributed by atoms with Crippen LogP contribution in [0.3, 0.4) is 0 Å². The summed E-state index contributed by atoms with van der Waals surface area (Å²) in [5, 5.41) is 3.43. The molecule has 3 rings (SSSR count). The number of carbonyl (C=O) groups excluding carboxylic acids is 1. The zero-order chi connectivity index (χ0) is 19.8. The van der Waals surface area contributed by atoms with Gasteiger partial charge in [0.1, 0.15) is 0 Å². The number of aryl methyl sites for hydroxylation is 1. The summed E-state index contributed by atoms with van der Waals surface area (Å²) < 4.78 is 7.27. The van der Waals surface area contributed by atoms with Crippen LogP contribution in [0.4, 0.5) is 0 Å². The van der Waals surface area contributed by atoms with Gasteiger partial charge in [0.2, 0.25) is 5.91 Å². The first kappa shape index (κ1) is 19.8. The van der Waals surface area contributed by atoms with Crippen LogP contribution in [0.25, 0.3) is 10.9 Å². The van der Waals surface area contributed by atoms with Crippen LogP contribution in [0.1, 0.15) is 31.4 Å². The predicted molar refractivity (Wildman–Crippen MR) is 109 cm³/mol. The molecule has 0 saturated carbocycles. The van der Waals surface area contributed by atoms with E-state index in [0.29, 0.717) is 30.6 Å². The van der Waals surface area contributed by atoms with Gasteiger partial charge < -0.3 is 10.1 Å². The van der Waals surface area contributed by atoms with Crippen molar-refractivity contribution < 1.29 is 9.53 Å². The van der Waals surface area contributed by atoms with Crippen molar-refractivity contribution in [2.45, 2.75) is 32.4 Å². The van der Waals surface area contributed by atoms with Crippen molar-refractivity contribution in [3.05, 3.63) is 76.8 Å². The number of aromatic nitrogens is 2. The van der Waals surface area contributed by atoms with Gasteiger partial charge in [-0.05, 0) is 31.0 Å². The number of hydrogen-bond acceptors (Lipinski definition) is 4. The van der Waals surface area contributed by atoms with E-state index < -0.39 is 0 Å². The molecule has 1 N–H and O–H groups in total. The van der Waals surface area contributed by atoms with Gasteiger partial charge in [-0.2, -0.15) is 0 Å². The van der Waals surface area contributed by atoms with Crippen LogP contribution in [-0.4, -0.2) is 28.6 Å². The highest BCUT2D eigenvalue weighted by Gasteiger charge is 2.07. The third-order valence-electron chi connectivity index (χ3n) is 4.59. The number of benzene rings is 2. The fourth-order valence-corrected chi connectivity index (χ4v) is 2.96. The molecule has 2 aromatic carbocycles. The first-order valence-corrected chi connectivity index (χ1v) is 9.52. The molecule has 0 fully saturated rings. The predicted octanol–water partition coefficient (Wildman–Crippen LogP) is 3.07. The quantitative estimate of drug-likeness (QED) is 0.580. The smallest absolute Gasteiger partial charge is 0.261 e. The van der Waals surface area contributed by atoms with Crippen molar-refractivity contribution in [3.8, 4) is 0 Å². The monoisotopic (exact) mass is 379 g/mol. The number of nitrogens with zero attached hydrogens (tertiary/aromatic N) is 2. The largest absolute Gasteiger partial charge is 0.374 e. The summed E-state index contributed by atoms with van der Waals surface area (Å²) in [6.45, 7) is 3.45.